The number of aromatic nitrogens is 4. The van der Waals surface area contributed by atoms with Crippen molar-refractivity contribution in [1.82, 2.24) is 19.7 Å². The molecule has 0 fully saturated rings. The molecule has 0 spiro atoms. The van der Waals surface area contributed by atoms with Gasteiger partial charge in [-0.05, 0) is 19.1 Å². The first kappa shape index (κ1) is 16.4. The highest BCUT2D eigenvalue weighted by Crippen LogP contribution is 2.31. The highest BCUT2D eigenvalue weighted by atomic mass is 32.2. The summed E-state index contributed by atoms with van der Waals surface area (Å²) < 4.78 is 37.5. The number of nitrogens with zero attached hydrogens (tertiary/aromatic N) is 4. The number of thioether (sulfide) groups is 1. The molecule has 0 unspecified atom stereocenters. The maximum Gasteiger partial charge on any atom is 0.319 e. The van der Waals surface area contributed by atoms with Gasteiger partial charge in [0.1, 0.15) is 11.6 Å². The van der Waals surface area contributed by atoms with Crippen LogP contribution in [0.5, 0.6) is 5.75 Å². The maximum absolute atomic E-state index is 12.8. The van der Waals surface area contributed by atoms with E-state index in [9.17, 15) is 8.78 Å². The van der Waals surface area contributed by atoms with Crippen molar-refractivity contribution in [2.24, 2.45) is 0 Å². The Balaban J connectivity index is 1.73. The first-order valence-electron chi connectivity index (χ1n) is 7.17. The SMILES string of the molecule is CCOc1ccccc1-c1nnc(SCc2nccn2C(F)F)o1. The van der Waals surface area contributed by atoms with E-state index in [2.05, 4.69) is 15.2 Å². The van der Waals surface area contributed by atoms with Crippen LogP contribution in [0.1, 0.15) is 19.3 Å². The van der Waals surface area contributed by atoms with Gasteiger partial charge in [-0.25, -0.2) is 4.98 Å². The van der Waals surface area contributed by atoms with E-state index in [-0.39, 0.29) is 16.8 Å². The molecule has 2 heterocycles. The van der Waals surface area contributed by atoms with E-state index in [1.165, 1.54) is 12.4 Å². The van der Waals surface area contributed by atoms with Gasteiger partial charge in [-0.2, -0.15) is 8.78 Å². The molecule has 24 heavy (non-hydrogen) atoms. The molecule has 0 N–H and O–H groups in total. The maximum atomic E-state index is 12.8. The lowest BCUT2D eigenvalue weighted by Gasteiger charge is -2.06. The topological polar surface area (TPSA) is 66.0 Å². The summed E-state index contributed by atoms with van der Waals surface area (Å²) in [5.74, 6) is 1.41. The van der Waals surface area contributed by atoms with Gasteiger partial charge >= 0.3 is 6.55 Å². The quantitative estimate of drug-likeness (QED) is 0.598. The lowest BCUT2D eigenvalue weighted by molar-refractivity contribution is 0.0678. The zero-order chi connectivity index (χ0) is 16.9. The summed E-state index contributed by atoms with van der Waals surface area (Å²) in [7, 11) is 0. The van der Waals surface area contributed by atoms with E-state index in [1.54, 1.807) is 0 Å². The van der Waals surface area contributed by atoms with Crippen LogP contribution in [0.3, 0.4) is 0 Å². The first-order valence-corrected chi connectivity index (χ1v) is 8.16. The monoisotopic (exact) mass is 352 g/mol. The van der Waals surface area contributed by atoms with Crippen molar-refractivity contribution < 1.29 is 17.9 Å². The van der Waals surface area contributed by atoms with E-state index in [4.69, 9.17) is 9.15 Å². The van der Waals surface area contributed by atoms with E-state index in [0.29, 0.717) is 23.8 Å². The van der Waals surface area contributed by atoms with Crippen LogP contribution in [-0.4, -0.2) is 26.4 Å². The fraction of sp³-hybridized carbons (Fsp3) is 0.267. The summed E-state index contributed by atoms with van der Waals surface area (Å²) >= 11 is 1.15. The first-order chi connectivity index (χ1) is 11.7. The van der Waals surface area contributed by atoms with Gasteiger partial charge in [0.2, 0.25) is 0 Å². The summed E-state index contributed by atoms with van der Waals surface area (Å²) in [5, 5.41) is 8.21. The second-order valence-corrected chi connectivity index (χ2v) is 5.55. The van der Waals surface area contributed by atoms with Gasteiger partial charge in [0.15, 0.2) is 0 Å². The number of alkyl halides is 2. The molecule has 0 saturated heterocycles. The van der Waals surface area contributed by atoms with Crippen molar-refractivity contribution in [3.63, 3.8) is 0 Å². The van der Waals surface area contributed by atoms with Gasteiger partial charge in [0.05, 0.1) is 17.9 Å². The van der Waals surface area contributed by atoms with Gasteiger partial charge in [0.25, 0.3) is 11.1 Å². The van der Waals surface area contributed by atoms with Gasteiger partial charge in [-0.1, -0.05) is 23.9 Å². The lowest BCUT2D eigenvalue weighted by atomic mass is 10.2. The second kappa shape index (κ2) is 7.43. The van der Waals surface area contributed by atoms with E-state index < -0.39 is 6.55 Å². The number of hydrogen-bond acceptors (Lipinski definition) is 6. The second-order valence-electron chi connectivity index (χ2n) is 4.62. The van der Waals surface area contributed by atoms with E-state index in [0.717, 1.165) is 16.3 Å². The van der Waals surface area contributed by atoms with Crippen molar-refractivity contribution in [1.29, 1.82) is 0 Å². The normalized spacial score (nSPS) is 11.2. The minimum atomic E-state index is -2.63. The molecular formula is C15H14F2N4O2S. The number of benzene rings is 1. The summed E-state index contributed by atoms with van der Waals surface area (Å²) in [6.07, 6.45) is 2.57. The Kier molecular flexibility index (Phi) is 5.09. The number of para-hydroxylation sites is 1. The third kappa shape index (κ3) is 3.56. The van der Waals surface area contributed by atoms with Gasteiger partial charge in [0, 0.05) is 12.4 Å². The number of rotatable bonds is 7. The van der Waals surface area contributed by atoms with Gasteiger partial charge in [-0.3, -0.25) is 4.57 Å². The highest BCUT2D eigenvalue weighted by Gasteiger charge is 2.16. The predicted molar refractivity (Wildman–Crippen MR) is 83.9 cm³/mol. The third-order valence-electron chi connectivity index (χ3n) is 3.11. The van der Waals surface area contributed by atoms with Crippen LogP contribution >= 0.6 is 11.8 Å². The number of ether oxygens (including phenoxy) is 1. The Hall–Kier alpha value is -2.42. The molecule has 0 radical (unpaired) electrons. The van der Waals surface area contributed by atoms with E-state index >= 15 is 0 Å². The molecule has 3 rings (SSSR count). The molecule has 1 aromatic carbocycles. The van der Waals surface area contributed by atoms with E-state index in [1.807, 2.05) is 31.2 Å². The number of hydrogen-bond donors (Lipinski definition) is 0. The van der Waals surface area contributed by atoms with Crippen molar-refractivity contribution in [3.8, 4) is 17.2 Å². The summed E-state index contributed by atoms with van der Waals surface area (Å²) in [4.78, 5) is 3.91. The van der Waals surface area contributed by atoms with Crippen LogP contribution in [0.25, 0.3) is 11.5 Å². The van der Waals surface area contributed by atoms with Crippen molar-refractivity contribution in [2.45, 2.75) is 24.4 Å². The molecule has 0 aliphatic carbocycles. The minimum absolute atomic E-state index is 0.200. The van der Waals surface area contributed by atoms with Crippen molar-refractivity contribution >= 4 is 11.8 Å². The number of imidazole rings is 1. The Labute approximate surface area is 140 Å². The van der Waals surface area contributed by atoms with Crippen LogP contribution in [0.15, 0.2) is 46.3 Å². The Bertz CT molecular complexity index is 806. The zero-order valence-electron chi connectivity index (χ0n) is 12.7. The molecule has 6 nitrogen and oxygen atoms in total. The number of halogens is 2. The van der Waals surface area contributed by atoms with Crippen molar-refractivity contribution in [3.05, 3.63) is 42.5 Å². The third-order valence-corrected chi connectivity index (χ3v) is 3.92. The average molecular weight is 352 g/mol. The molecule has 2 aromatic heterocycles. The summed E-state index contributed by atoms with van der Waals surface area (Å²) in [6.45, 7) is -0.223. The smallest absolute Gasteiger partial charge is 0.319 e. The van der Waals surface area contributed by atoms with Crippen LogP contribution in [0, 0.1) is 0 Å². The van der Waals surface area contributed by atoms with Gasteiger partial charge < -0.3 is 9.15 Å². The molecule has 0 amide bonds. The lowest BCUT2D eigenvalue weighted by Crippen LogP contribution is -2.01. The average Bonchev–Trinajstić information content (AvgIpc) is 3.23. The fourth-order valence-corrected chi connectivity index (χ4v) is 2.77. The Morgan fingerprint density at radius 3 is 2.92 bits per heavy atom. The van der Waals surface area contributed by atoms with Crippen molar-refractivity contribution in [2.75, 3.05) is 6.61 Å². The zero-order valence-corrected chi connectivity index (χ0v) is 13.5. The minimum Gasteiger partial charge on any atom is -0.493 e. The standard InChI is InChI=1S/C15H14F2N4O2S/c1-2-22-11-6-4-3-5-10(11)13-19-20-15(23-13)24-9-12-18-7-8-21(12)14(16)17/h3-8,14H,2,9H2,1H3. The highest BCUT2D eigenvalue weighted by molar-refractivity contribution is 7.98. The van der Waals surface area contributed by atoms with Crippen LogP contribution in [0.2, 0.25) is 0 Å². The molecule has 0 bridgehead atoms. The van der Waals surface area contributed by atoms with Crippen LogP contribution in [-0.2, 0) is 5.75 Å². The molecule has 0 atom stereocenters. The molecule has 0 saturated carbocycles. The largest absolute Gasteiger partial charge is 0.493 e. The van der Waals surface area contributed by atoms with Gasteiger partial charge in [-0.15, -0.1) is 10.2 Å². The van der Waals surface area contributed by atoms with Crippen LogP contribution < -0.4 is 4.74 Å². The molecule has 0 aliphatic heterocycles. The summed E-state index contributed by atoms with van der Waals surface area (Å²) in [5.41, 5.74) is 0.688. The molecule has 0 aliphatic rings. The fourth-order valence-electron chi connectivity index (χ4n) is 2.06. The predicted octanol–water partition coefficient (Wildman–Crippen LogP) is 4.02. The Morgan fingerprint density at radius 1 is 1.29 bits per heavy atom. The Morgan fingerprint density at radius 2 is 2.12 bits per heavy atom. The molecule has 9 heteroatoms. The van der Waals surface area contributed by atoms with Crippen LogP contribution in [0.4, 0.5) is 8.78 Å². The molecule has 126 valence electrons. The molecular weight excluding hydrogens is 338 g/mol. The summed E-state index contributed by atoms with van der Waals surface area (Å²) in [6, 6.07) is 7.32. The molecule has 3 aromatic rings.